The van der Waals surface area contributed by atoms with E-state index in [1.165, 1.54) is 0 Å². The predicted molar refractivity (Wildman–Crippen MR) is 81.7 cm³/mol. The van der Waals surface area contributed by atoms with E-state index in [1.807, 2.05) is 0 Å². The number of carboxylic acids is 1. The molecule has 1 rings (SSSR count). The number of thioether (sulfide) groups is 1. The summed E-state index contributed by atoms with van der Waals surface area (Å²) >= 11 is 1.13. The van der Waals surface area contributed by atoms with Crippen LogP contribution < -0.4 is 10.6 Å². The standard InChI is InChI=1S/C14H15F3N2O4S/c15-14(16,17)10-3-1-9(2-4-10)13(23)19-7-11(20)18-5-6-24-8-12(21)22/h1-4H,5-8H2,(H,18,20)(H,19,23)(H,21,22). The van der Waals surface area contributed by atoms with E-state index in [-0.39, 0.29) is 24.4 Å². The fourth-order valence-electron chi connectivity index (χ4n) is 1.56. The van der Waals surface area contributed by atoms with Gasteiger partial charge in [0.2, 0.25) is 5.91 Å². The highest BCUT2D eigenvalue weighted by Gasteiger charge is 2.30. The molecule has 0 aliphatic rings. The number of carboxylic acid groups (broad SMARTS) is 1. The SMILES string of the molecule is O=C(O)CSCCNC(=O)CNC(=O)c1ccc(C(F)(F)F)cc1. The molecule has 24 heavy (non-hydrogen) atoms. The van der Waals surface area contributed by atoms with Gasteiger partial charge in [0, 0.05) is 17.9 Å². The second kappa shape index (κ2) is 9.16. The smallest absolute Gasteiger partial charge is 0.416 e. The molecule has 0 spiro atoms. The number of carbonyl (C=O) groups excluding carboxylic acids is 2. The molecule has 0 fully saturated rings. The van der Waals surface area contributed by atoms with Crippen molar-refractivity contribution < 1.29 is 32.7 Å². The Morgan fingerprint density at radius 3 is 2.25 bits per heavy atom. The van der Waals surface area contributed by atoms with Crippen molar-refractivity contribution in [1.82, 2.24) is 10.6 Å². The first-order chi connectivity index (χ1) is 11.2. The summed E-state index contributed by atoms with van der Waals surface area (Å²) in [6, 6.07) is 3.63. The molecular weight excluding hydrogens is 349 g/mol. The number of hydrogen-bond acceptors (Lipinski definition) is 4. The van der Waals surface area contributed by atoms with E-state index in [2.05, 4.69) is 10.6 Å². The molecule has 0 aromatic heterocycles. The van der Waals surface area contributed by atoms with Crippen molar-refractivity contribution >= 4 is 29.5 Å². The number of nitrogens with one attached hydrogen (secondary N) is 2. The van der Waals surface area contributed by atoms with Crippen molar-refractivity contribution in [1.29, 1.82) is 0 Å². The second-order valence-electron chi connectivity index (χ2n) is 4.55. The average molecular weight is 364 g/mol. The Labute approximate surface area is 139 Å². The summed E-state index contributed by atoms with van der Waals surface area (Å²) in [4.78, 5) is 33.4. The van der Waals surface area contributed by atoms with Gasteiger partial charge in [-0.25, -0.2) is 0 Å². The van der Waals surface area contributed by atoms with Crippen LogP contribution in [0.3, 0.4) is 0 Å². The molecule has 0 aliphatic heterocycles. The van der Waals surface area contributed by atoms with Crippen molar-refractivity contribution in [2.75, 3.05) is 24.6 Å². The van der Waals surface area contributed by atoms with Gasteiger partial charge in [-0.2, -0.15) is 13.2 Å². The first-order valence-corrected chi connectivity index (χ1v) is 7.87. The molecular formula is C14H15F3N2O4S. The monoisotopic (exact) mass is 364 g/mol. The molecule has 1 aromatic carbocycles. The van der Waals surface area contributed by atoms with Gasteiger partial charge in [-0.05, 0) is 24.3 Å². The molecule has 132 valence electrons. The molecule has 0 aliphatic carbocycles. The van der Waals surface area contributed by atoms with Gasteiger partial charge in [0.05, 0.1) is 17.9 Å². The summed E-state index contributed by atoms with van der Waals surface area (Å²) < 4.78 is 37.2. The topological polar surface area (TPSA) is 95.5 Å². The highest BCUT2D eigenvalue weighted by molar-refractivity contribution is 7.99. The number of aliphatic carboxylic acids is 1. The van der Waals surface area contributed by atoms with E-state index in [0.29, 0.717) is 5.75 Å². The van der Waals surface area contributed by atoms with Crippen molar-refractivity contribution in [3.8, 4) is 0 Å². The third-order valence-corrected chi connectivity index (χ3v) is 3.62. The number of alkyl halides is 3. The summed E-state index contributed by atoms with van der Waals surface area (Å²) in [6.07, 6.45) is -4.48. The third-order valence-electron chi connectivity index (χ3n) is 2.68. The van der Waals surface area contributed by atoms with Crippen molar-refractivity contribution in [3.05, 3.63) is 35.4 Å². The number of rotatable bonds is 8. The van der Waals surface area contributed by atoms with Crippen molar-refractivity contribution in [3.63, 3.8) is 0 Å². The molecule has 10 heteroatoms. The maximum atomic E-state index is 12.4. The Hall–Kier alpha value is -2.23. The molecule has 0 radical (unpaired) electrons. The van der Waals surface area contributed by atoms with Gasteiger partial charge in [-0.15, -0.1) is 11.8 Å². The molecule has 3 N–H and O–H groups in total. The number of amides is 2. The number of benzene rings is 1. The van der Waals surface area contributed by atoms with Crippen LogP contribution in [0, 0.1) is 0 Å². The van der Waals surface area contributed by atoms with Crippen molar-refractivity contribution in [2.24, 2.45) is 0 Å². The fraction of sp³-hybridized carbons (Fsp3) is 0.357. The zero-order valence-corrected chi connectivity index (χ0v) is 13.2. The van der Waals surface area contributed by atoms with Gasteiger partial charge in [0.1, 0.15) is 0 Å². The lowest BCUT2D eigenvalue weighted by Gasteiger charge is -2.08. The van der Waals surface area contributed by atoms with Gasteiger partial charge >= 0.3 is 12.1 Å². The van der Waals surface area contributed by atoms with Crippen molar-refractivity contribution in [2.45, 2.75) is 6.18 Å². The van der Waals surface area contributed by atoms with E-state index in [9.17, 15) is 27.6 Å². The zero-order valence-electron chi connectivity index (χ0n) is 12.4. The van der Waals surface area contributed by atoms with Gasteiger partial charge in [-0.3, -0.25) is 14.4 Å². The summed E-state index contributed by atoms with van der Waals surface area (Å²) in [6.45, 7) is -0.0869. The fourth-order valence-corrected chi connectivity index (χ4v) is 2.12. The molecule has 0 atom stereocenters. The van der Waals surface area contributed by atoms with E-state index in [0.717, 1.165) is 36.0 Å². The highest BCUT2D eigenvalue weighted by Crippen LogP contribution is 2.28. The lowest BCUT2D eigenvalue weighted by molar-refractivity contribution is -0.137. The summed E-state index contributed by atoms with van der Waals surface area (Å²) in [7, 11) is 0. The van der Waals surface area contributed by atoms with Gasteiger partial charge in [0.15, 0.2) is 0 Å². The van der Waals surface area contributed by atoms with Crippen LogP contribution >= 0.6 is 11.8 Å². The van der Waals surface area contributed by atoms with Gasteiger partial charge < -0.3 is 15.7 Å². The summed E-state index contributed by atoms with van der Waals surface area (Å²) in [5.74, 6) is -1.76. The minimum Gasteiger partial charge on any atom is -0.481 e. The number of halogens is 3. The maximum Gasteiger partial charge on any atom is 0.416 e. The van der Waals surface area contributed by atoms with Crippen LogP contribution in [0.2, 0.25) is 0 Å². The first-order valence-electron chi connectivity index (χ1n) is 6.72. The van der Waals surface area contributed by atoms with Gasteiger partial charge in [-0.1, -0.05) is 0 Å². The lowest BCUT2D eigenvalue weighted by atomic mass is 10.1. The zero-order chi connectivity index (χ0) is 18.2. The summed E-state index contributed by atoms with van der Waals surface area (Å²) in [5, 5.41) is 13.2. The molecule has 0 saturated heterocycles. The number of carbonyl (C=O) groups is 3. The minimum atomic E-state index is -4.48. The molecule has 0 saturated carbocycles. The minimum absolute atomic E-state index is 0.00723. The molecule has 6 nitrogen and oxygen atoms in total. The Morgan fingerprint density at radius 2 is 1.71 bits per heavy atom. The third kappa shape index (κ3) is 7.36. The maximum absolute atomic E-state index is 12.4. The molecule has 0 bridgehead atoms. The Bertz CT molecular complexity index is 591. The normalized spacial score (nSPS) is 11.0. The Morgan fingerprint density at radius 1 is 1.08 bits per heavy atom. The molecule has 0 heterocycles. The molecule has 0 unspecified atom stereocenters. The van der Waals surface area contributed by atoms with Crippen LogP contribution in [0.25, 0.3) is 0 Å². The Balaban J connectivity index is 2.32. The molecule has 2 amide bonds. The van der Waals surface area contributed by atoms with Crippen LogP contribution in [-0.2, 0) is 15.8 Å². The van der Waals surface area contributed by atoms with Crippen LogP contribution in [0.4, 0.5) is 13.2 Å². The van der Waals surface area contributed by atoms with E-state index < -0.39 is 29.5 Å². The quantitative estimate of drug-likeness (QED) is 0.606. The molecule has 1 aromatic rings. The van der Waals surface area contributed by atoms with Crippen LogP contribution in [0.5, 0.6) is 0 Å². The van der Waals surface area contributed by atoms with Crippen LogP contribution in [0.1, 0.15) is 15.9 Å². The van der Waals surface area contributed by atoms with E-state index in [4.69, 9.17) is 5.11 Å². The lowest BCUT2D eigenvalue weighted by Crippen LogP contribution is -2.37. The number of hydrogen-bond donors (Lipinski definition) is 3. The van der Waals surface area contributed by atoms with E-state index in [1.54, 1.807) is 0 Å². The van der Waals surface area contributed by atoms with Crippen LogP contribution in [-0.4, -0.2) is 47.5 Å². The highest BCUT2D eigenvalue weighted by atomic mass is 32.2. The Kier molecular flexibility index (Phi) is 7.56. The van der Waals surface area contributed by atoms with Gasteiger partial charge in [0.25, 0.3) is 5.91 Å². The largest absolute Gasteiger partial charge is 0.481 e. The summed E-state index contributed by atoms with van der Waals surface area (Å²) in [5.41, 5.74) is -0.858. The van der Waals surface area contributed by atoms with E-state index >= 15 is 0 Å². The average Bonchev–Trinajstić information content (AvgIpc) is 2.51. The first kappa shape index (κ1) is 19.8. The second-order valence-corrected chi connectivity index (χ2v) is 5.66. The van der Waals surface area contributed by atoms with Crippen LogP contribution in [0.15, 0.2) is 24.3 Å². The predicted octanol–water partition coefficient (Wildman–Crippen LogP) is 1.37.